The molecule has 0 aromatic heterocycles. The van der Waals surface area contributed by atoms with Crippen molar-refractivity contribution in [3.8, 4) is 28.7 Å². The van der Waals surface area contributed by atoms with Gasteiger partial charge in [0.25, 0.3) is 0 Å². The number of benzene rings is 4. The number of hydrogen-bond acceptors (Lipinski definition) is 6. The van der Waals surface area contributed by atoms with Crippen molar-refractivity contribution < 1.29 is 28.9 Å². The quantitative estimate of drug-likeness (QED) is 0.204. The largest absolute Gasteiger partial charge is 0.489 e. The van der Waals surface area contributed by atoms with Gasteiger partial charge in [-0.25, -0.2) is 4.39 Å². The van der Waals surface area contributed by atoms with Crippen LogP contribution in [0.1, 0.15) is 34.7 Å². The molecule has 0 bridgehead atoms. The first-order valence-electron chi connectivity index (χ1n) is 13.0. The number of carboxylic acids is 1. The summed E-state index contributed by atoms with van der Waals surface area (Å²) in [6, 6.07) is 27.4. The molecule has 0 aliphatic heterocycles. The Hall–Kier alpha value is -4.71. The molecule has 0 unspecified atom stereocenters. The third-order valence-corrected chi connectivity index (χ3v) is 6.97. The second kappa shape index (κ2) is 13.1. The number of rotatable bonds is 12. The molecule has 4 aromatic rings. The van der Waals surface area contributed by atoms with Crippen molar-refractivity contribution in [2.24, 2.45) is 0 Å². The molecule has 210 valence electrons. The van der Waals surface area contributed by atoms with Crippen molar-refractivity contribution in [2.75, 3.05) is 6.61 Å². The standard InChI is InChI=1S/C33H31FN2O5/c1-22-26(9-6-10-29(22)24-7-4-3-5-8-24)20-40-28-13-12-25(18-36-33(2,21-37)32(38)39)31(16-28)41-19-23-11-14-30(34)27(15-23)17-35/h3-16,36-37H,18-21H2,1-2H3,(H,38,39)/t33-/m1/s1. The maximum absolute atomic E-state index is 13.8. The highest BCUT2D eigenvalue weighted by molar-refractivity contribution is 5.78. The average Bonchev–Trinajstić information content (AvgIpc) is 2.99. The van der Waals surface area contributed by atoms with E-state index in [-0.39, 0.29) is 18.7 Å². The Balaban J connectivity index is 1.56. The van der Waals surface area contributed by atoms with Crippen LogP contribution in [-0.4, -0.2) is 28.3 Å². The van der Waals surface area contributed by atoms with Crippen LogP contribution in [0.25, 0.3) is 11.1 Å². The summed E-state index contributed by atoms with van der Waals surface area (Å²) in [7, 11) is 0. The van der Waals surface area contributed by atoms with E-state index in [1.165, 1.54) is 25.1 Å². The van der Waals surface area contributed by atoms with Gasteiger partial charge in [-0.2, -0.15) is 5.26 Å². The number of halogens is 1. The lowest BCUT2D eigenvalue weighted by Gasteiger charge is -2.24. The summed E-state index contributed by atoms with van der Waals surface area (Å²) in [5, 5.41) is 31.1. The number of hydrogen-bond donors (Lipinski definition) is 3. The number of nitriles is 1. The Bertz CT molecular complexity index is 1570. The van der Waals surface area contributed by atoms with Crippen LogP contribution in [0.2, 0.25) is 0 Å². The van der Waals surface area contributed by atoms with Crippen molar-refractivity contribution in [1.82, 2.24) is 5.32 Å². The maximum atomic E-state index is 13.8. The van der Waals surface area contributed by atoms with Gasteiger partial charge in [-0.15, -0.1) is 0 Å². The Morgan fingerprint density at radius 3 is 2.46 bits per heavy atom. The topological polar surface area (TPSA) is 112 Å². The van der Waals surface area contributed by atoms with E-state index in [2.05, 4.69) is 30.4 Å². The van der Waals surface area contributed by atoms with Crippen molar-refractivity contribution in [1.29, 1.82) is 5.26 Å². The number of aliphatic hydroxyl groups excluding tert-OH is 1. The molecule has 0 saturated heterocycles. The zero-order valence-corrected chi connectivity index (χ0v) is 22.9. The molecule has 0 aliphatic carbocycles. The predicted octanol–water partition coefficient (Wildman–Crippen LogP) is 5.76. The molecule has 8 heteroatoms. The van der Waals surface area contributed by atoms with E-state index in [1.54, 1.807) is 18.2 Å². The predicted molar refractivity (Wildman–Crippen MR) is 153 cm³/mol. The molecular formula is C33H31FN2O5. The second-order valence-corrected chi connectivity index (χ2v) is 9.88. The van der Waals surface area contributed by atoms with Gasteiger partial charge in [0.1, 0.15) is 42.1 Å². The highest BCUT2D eigenvalue weighted by Crippen LogP contribution is 2.29. The highest BCUT2D eigenvalue weighted by Gasteiger charge is 2.32. The fourth-order valence-corrected chi connectivity index (χ4v) is 4.23. The molecule has 4 aromatic carbocycles. The number of aliphatic hydroxyl groups is 1. The minimum Gasteiger partial charge on any atom is -0.489 e. The smallest absolute Gasteiger partial charge is 0.326 e. The second-order valence-electron chi connectivity index (χ2n) is 9.88. The molecule has 3 N–H and O–H groups in total. The molecule has 4 rings (SSSR count). The summed E-state index contributed by atoms with van der Waals surface area (Å²) in [6.07, 6.45) is 0. The van der Waals surface area contributed by atoms with Crippen LogP contribution in [0.4, 0.5) is 4.39 Å². The Morgan fingerprint density at radius 2 is 1.76 bits per heavy atom. The molecule has 0 radical (unpaired) electrons. The summed E-state index contributed by atoms with van der Waals surface area (Å²) in [5.41, 5.74) is 3.96. The molecule has 0 fully saturated rings. The zero-order valence-electron chi connectivity index (χ0n) is 22.9. The highest BCUT2D eigenvalue weighted by atomic mass is 19.1. The zero-order chi connectivity index (χ0) is 29.4. The number of nitrogens with one attached hydrogen (secondary N) is 1. The van der Waals surface area contributed by atoms with Crippen molar-refractivity contribution in [3.05, 3.63) is 119 Å². The van der Waals surface area contributed by atoms with Crippen LogP contribution < -0.4 is 14.8 Å². The Morgan fingerprint density at radius 1 is 0.976 bits per heavy atom. The van der Waals surface area contributed by atoms with E-state index in [1.807, 2.05) is 36.4 Å². The Kier molecular flexibility index (Phi) is 9.35. The van der Waals surface area contributed by atoms with Crippen LogP contribution in [0.3, 0.4) is 0 Å². The summed E-state index contributed by atoms with van der Waals surface area (Å²) in [6.45, 7) is 3.29. The molecule has 0 spiro atoms. The first-order valence-corrected chi connectivity index (χ1v) is 13.0. The van der Waals surface area contributed by atoms with E-state index in [0.29, 0.717) is 29.2 Å². The molecule has 7 nitrogen and oxygen atoms in total. The lowest BCUT2D eigenvalue weighted by Crippen LogP contribution is -2.52. The third kappa shape index (κ3) is 7.09. The molecular weight excluding hydrogens is 523 g/mol. The average molecular weight is 555 g/mol. The van der Waals surface area contributed by atoms with Gasteiger partial charge in [0.05, 0.1) is 12.2 Å². The van der Waals surface area contributed by atoms with Crippen LogP contribution in [-0.2, 0) is 24.6 Å². The molecule has 1 atom stereocenters. The first kappa shape index (κ1) is 29.3. The molecule has 0 saturated carbocycles. The SMILES string of the molecule is Cc1c(COc2ccc(CN[C@](C)(CO)C(=O)O)c(OCc3ccc(F)c(C#N)c3)c2)cccc1-c1ccccc1. The van der Waals surface area contributed by atoms with Gasteiger partial charge in [0, 0.05) is 18.2 Å². The van der Waals surface area contributed by atoms with Gasteiger partial charge in [-0.1, -0.05) is 60.7 Å². The maximum Gasteiger partial charge on any atom is 0.326 e. The first-order chi connectivity index (χ1) is 19.7. The normalized spacial score (nSPS) is 12.3. The van der Waals surface area contributed by atoms with E-state index in [0.717, 1.165) is 22.3 Å². The van der Waals surface area contributed by atoms with Crippen LogP contribution in [0, 0.1) is 24.1 Å². The van der Waals surface area contributed by atoms with E-state index < -0.39 is 23.9 Å². The van der Waals surface area contributed by atoms with Crippen LogP contribution >= 0.6 is 0 Å². The van der Waals surface area contributed by atoms with Gasteiger partial charge in [0.15, 0.2) is 0 Å². The fraction of sp³-hybridized carbons (Fsp3) is 0.212. The van der Waals surface area contributed by atoms with Gasteiger partial charge < -0.3 is 19.7 Å². The number of ether oxygens (including phenoxy) is 2. The lowest BCUT2D eigenvalue weighted by molar-refractivity contribution is -0.145. The van der Waals surface area contributed by atoms with Gasteiger partial charge in [-0.3, -0.25) is 10.1 Å². The van der Waals surface area contributed by atoms with Crippen LogP contribution in [0.15, 0.2) is 84.9 Å². The number of carbonyl (C=O) groups is 1. The fourth-order valence-electron chi connectivity index (χ4n) is 4.23. The molecule has 41 heavy (non-hydrogen) atoms. The van der Waals surface area contributed by atoms with Gasteiger partial charge in [0.2, 0.25) is 0 Å². The van der Waals surface area contributed by atoms with Crippen molar-refractivity contribution in [2.45, 2.75) is 39.1 Å². The Labute approximate surface area is 238 Å². The lowest BCUT2D eigenvalue weighted by atomic mass is 9.97. The summed E-state index contributed by atoms with van der Waals surface area (Å²) >= 11 is 0. The minimum atomic E-state index is -1.55. The molecule has 0 amide bonds. The summed E-state index contributed by atoms with van der Waals surface area (Å²) in [5.74, 6) is -0.850. The van der Waals surface area contributed by atoms with Gasteiger partial charge >= 0.3 is 5.97 Å². The van der Waals surface area contributed by atoms with Crippen molar-refractivity contribution in [3.63, 3.8) is 0 Å². The minimum absolute atomic E-state index is 0.0415. The van der Waals surface area contributed by atoms with E-state index in [9.17, 15) is 19.4 Å². The van der Waals surface area contributed by atoms with E-state index >= 15 is 0 Å². The van der Waals surface area contributed by atoms with Crippen LogP contribution in [0.5, 0.6) is 11.5 Å². The summed E-state index contributed by atoms with van der Waals surface area (Å²) in [4.78, 5) is 11.6. The third-order valence-electron chi connectivity index (χ3n) is 6.97. The monoisotopic (exact) mass is 554 g/mol. The van der Waals surface area contributed by atoms with E-state index in [4.69, 9.17) is 14.7 Å². The number of carboxylic acid groups (broad SMARTS) is 1. The van der Waals surface area contributed by atoms with Gasteiger partial charge in [-0.05, 0) is 59.9 Å². The van der Waals surface area contributed by atoms with Crippen molar-refractivity contribution >= 4 is 5.97 Å². The number of aliphatic carboxylic acids is 1. The molecule has 0 heterocycles. The molecule has 0 aliphatic rings. The summed E-state index contributed by atoms with van der Waals surface area (Å²) < 4.78 is 26.0. The number of nitrogens with zero attached hydrogens (tertiary/aromatic N) is 1.